The van der Waals surface area contributed by atoms with E-state index in [1.165, 1.54) is 0 Å². The Morgan fingerprint density at radius 2 is 1.22 bits per heavy atom. The van der Waals surface area contributed by atoms with Crippen molar-refractivity contribution < 1.29 is 18.9 Å². The molecule has 4 nitrogen and oxygen atoms in total. The van der Waals surface area contributed by atoms with Crippen LogP contribution >= 0.6 is 22.2 Å². The van der Waals surface area contributed by atoms with Crippen LogP contribution in [0.3, 0.4) is 0 Å². The first-order valence-corrected chi connectivity index (χ1v) is 10.9. The summed E-state index contributed by atoms with van der Waals surface area (Å²) >= 11 is 11.9. The van der Waals surface area contributed by atoms with Gasteiger partial charge in [0.1, 0.15) is 0 Å². The molecule has 0 saturated heterocycles. The third-order valence-electron chi connectivity index (χ3n) is 2.08. The summed E-state index contributed by atoms with van der Waals surface area (Å²) in [5.74, 6) is 0. The molecule has 0 N–H and O–H groups in total. The molecule has 110 valence electrons. The van der Waals surface area contributed by atoms with Crippen LogP contribution in [0.2, 0.25) is 12.6 Å². The van der Waals surface area contributed by atoms with Gasteiger partial charge in [0.15, 0.2) is 0 Å². The minimum absolute atomic E-state index is 0.585. The summed E-state index contributed by atoms with van der Waals surface area (Å²) < 4.78 is 20.8. The summed E-state index contributed by atoms with van der Waals surface area (Å²) in [5, 5.41) is 0. The second-order valence-corrected chi connectivity index (χ2v) is 12.2. The Morgan fingerprint density at radius 1 is 0.778 bits per heavy atom. The quantitative estimate of drug-likeness (QED) is 0.297. The third-order valence-corrected chi connectivity index (χ3v) is 4.45. The maximum absolute atomic E-state index is 5.97. The molecular formula is C11H24Cl2O4Si. The molecule has 0 amide bonds. The van der Waals surface area contributed by atoms with Crippen molar-refractivity contribution >= 4 is 28.9 Å². The zero-order valence-corrected chi connectivity index (χ0v) is 13.8. The SMILES string of the molecule is COCCOCCOCCOCCC[Si](C)(Cl)Cl. The van der Waals surface area contributed by atoms with Gasteiger partial charge in [-0.1, -0.05) is 0 Å². The smallest absolute Gasteiger partial charge is 0.248 e. The number of ether oxygens (including phenoxy) is 4. The maximum atomic E-state index is 5.97. The van der Waals surface area contributed by atoms with Crippen LogP contribution in [0.15, 0.2) is 0 Å². The highest BCUT2D eigenvalue weighted by molar-refractivity contribution is 7.44. The van der Waals surface area contributed by atoms with Crippen molar-refractivity contribution in [1.29, 1.82) is 0 Å². The van der Waals surface area contributed by atoms with Crippen molar-refractivity contribution in [3.8, 4) is 0 Å². The summed E-state index contributed by atoms with van der Waals surface area (Å²) in [7, 11) is 1.65. The van der Waals surface area contributed by atoms with Gasteiger partial charge in [0.2, 0.25) is 6.69 Å². The zero-order valence-electron chi connectivity index (χ0n) is 11.3. The van der Waals surface area contributed by atoms with Gasteiger partial charge in [-0.15, -0.1) is 22.2 Å². The lowest BCUT2D eigenvalue weighted by Crippen LogP contribution is -2.14. The molecule has 0 aliphatic heterocycles. The van der Waals surface area contributed by atoms with E-state index in [0.717, 1.165) is 12.5 Å². The Morgan fingerprint density at radius 3 is 1.67 bits per heavy atom. The summed E-state index contributed by atoms with van der Waals surface area (Å²) in [5.41, 5.74) is 0. The van der Waals surface area contributed by atoms with Crippen LogP contribution in [-0.4, -0.2) is 60.1 Å². The molecule has 0 unspecified atom stereocenters. The van der Waals surface area contributed by atoms with Gasteiger partial charge < -0.3 is 18.9 Å². The van der Waals surface area contributed by atoms with E-state index in [2.05, 4.69) is 0 Å². The standard InChI is InChI=1S/C11H24Cl2O4Si/c1-14-5-6-16-9-10-17-8-7-15-4-3-11-18(2,12)13/h3-11H2,1-2H3. The Hall–Kier alpha value is 0.637. The predicted molar refractivity (Wildman–Crippen MR) is 77.1 cm³/mol. The average molecular weight is 319 g/mol. The summed E-state index contributed by atoms with van der Waals surface area (Å²) in [4.78, 5) is 0. The van der Waals surface area contributed by atoms with Crippen LogP contribution in [-0.2, 0) is 18.9 Å². The zero-order chi connectivity index (χ0) is 13.7. The molecule has 0 rings (SSSR count). The van der Waals surface area contributed by atoms with Gasteiger partial charge >= 0.3 is 0 Å². The number of hydrogen-bond acceptors (Lipinski definition) is 4. The average Bonchev–Trinajstić information content (AvgIpc) is 2.29. The molecule has 0 saturated carbocycles. The first-order chi connectivity index (χ1) is 8.56. The van der Waals surface area contributed by atoms with Gasteiger partial charge in [0.25, 0.3) is 0 Å². The van der Waals surface area contributed by atoms with Crippen LogP contribution < -0.4 is 0 Å². The molecule has 0 fully saturated rings. The fourth-order valence-electron chi connectivity index (χ4n) is 1.17. The van der Waals surface area contributed by atoms with E-state index in [1.807, 2.05) is 6.55 Å². The normalized spacial score (nSPS) is 12.0. The van der Waals surface area contributed by atoms with E-state index in [0.29, 0.717) is 46.2 Å². The van der Waals surface area contributed by atoms with E-state index >= 15 is 0 Å². The molecule has 0 aromatic carbocycles. The van der Waals surface area contributed by atoms with Crippen molar-refractivity contribution in [2.45, 2.75) is 19.0 Å². The highest BCUT2D eigenvalue weighted by Crippen LogP contribution is 2.21. The maximum Gasteiger partial charge on any atom is 0.248 e. The van der Waals surface area contributed by atoms with Crippen molar-refractivity contribution in [3.63, 3.8) is 0 Å². The molecule has 0 aliphatic carbocycles. The Kier molecular flexibility index (Phi) is 13.1. The lowest BCUT2D eigenvalue weighted by atomic mass is 10.5. The van der Waals surface area contributed by atoms with Crippen LogP contribution in [0.25, 0.3) is 0 Å². The molecule has 0 heterocycles. The first-order valence-electron chi connectivity index (χ1n) is 6.16. The molecule has 0 aliphatic rings. The predicted octanol–water partition coefficient (Wildman–Crippen LogP) is 2.62. The monoisotopic (exact) mass is 318 g/mol. The summed E-state index contributed by atoms with van der Waals surface area (Å²) in [6.45, 7) is 4.25. The molecule has 0 aromatic rings. The summed E-state index contributed by atoms with van der Waals surface area (Å²) in [6.07, 6.45) is 0.913. The van der Waals surface area contributed by atoms with Gasteiger partial charge in [-0.05, 0) is 19.0 Å². The Labute approximate surface area is 120 Å². The molecular weight excluding hydrogens is 295 g/mol. The van der Waals surface area contributed by atoms with Crippen molar-refractivity contribution in [2.75, 3.05) is 53.4 Å². The first kappa shape index (κ1) is 18.6. The van der Waals surface area contributed by atoms with E-state index in [1.54, 1.807) is 7.11 Å². The second-order valence-electron chi connectivity index (χ2n) is 4.00. The minimum Gasteiger partial charge on any atom is -0.382 e. The fraction of sp³-hybridized carbons (Fsp3) is 1.00. The van der Waals surface area contributed by atoms with E-state index in [-0.39, 0.29) is 0 Å². The molecule has 18 heavy (non-hydrogen) atoms. The molecule has 0 radical (unpaired) electrons. The van der Waals surface area contributed by atoms with E-state index in [4.69, 9.17) is 41.1 Å². The summed E-state index contributed by atoms with van der Waals surface area (Å²) in [6, 6.07) is 0.865. The third kappa shape index (κ3) is 16.6. The topological polar surface area (TPSA) is 36.9 Å². The van der Waals surface area contributed by atoms with Gasteiger partial charge in [-0.25, -0.2) is 0 Å². The number of rotatable bonds is 13. The largest absolute Gasteiger partial charge is 0.382 e. The van der Waals surface area contributed by atoms with Crippen molar-refractivity contribution in [3.05, 3.63) is 0 Å². The molecule has 7 heteroatoms. The minimum atomic E-state index is -1.95. The van der Waals surface area contributed by atoms with Gasteiger partial charge in [-0.2, -0.15) is 0 Å². The van der Waals surface area contributed by atoms with Gasteiger partial charge in [0.05, 0.1) is 39.6 Å². The highest BCUT2D eigenvalue weighted by atomic mass is 35.7. The molecule has 0 spiro atoms. The molecule has 0 bridgehead atoms. The lowest BCUT2D eigenvalue weighted by molar-refractivity contribution is 0.00377. The fourth-order valence-corrected chi connectivity index (χ4v) is 2.74. The number of methoxy groups -OCH3 is 1. The number of halogens is 2. The lowest BCUT2D eigenvalue weighted by Gasteiger charge is -2.10. The second kappa shape index (κ2) is 12.7. The van der Waals surface area contributed by atoms with Crippen molar-refractivity contribution in [1.82, 2.24) is 0 Å². The van der Waals surface area contributed by atoms with Crippen LogP contribution in [0.5, 0.6) is 0 Å². The Balaban J connectivity index is 2.99. The van der Waals surface area contributed by atoms with E-state index < -0.39 is 6.69 Å². The van der Waals surface area contributed by atoms with Crippen LogP contribution in [0.4, 0.5) is 0 Å². The van der Waals surface area contributed by atoms with Gasteiger partial charge in [0, 0.05) is 13.7 Å². The molecule has 0 atom stereocenters. The number of hydrogen-bond donors (Lipinski definition) is 0. The van der Waals surface area contributed by atoms with Crippen LogP contribution in [0.1, 0.15) is 6.42 Å². The van der Waals surface area contributed by atoms with E-state index in [9.17, 15) is 0 Å². The van der Waals surface area contributed by atoms with Gasteiger partial charge in [-0.3, -0.25) is 0 Å². The molecule has 0 aromatic heterocycles. The Bertz CT molecular complexity index is 179. The van der Waals surface area contributed by atoms with Crippen molar-refractivity contribution in [2.24, 2.45) is 0 Å². The highest BCUT2D eigenvalue weighted by Gasteiger charge is 2.19. The van der Waals surface area contributed by atoms with Crippen LogP contribution in [0, 0.1) is 0 Å².